The smallest absolute Gasteiger partial charge is 0.276 e. The third-order valence-electron chi connectivity index (χ3n) is 4.66. The van der Waals surface area contributed by atoms with Crippen LogP contribution in [-0.2, 0) is 6.54 Å². The van der Waals surface area contributed by atoms with Crippen LogP contribution in [0.3, 0.4) is 0 Å². The number of aromatic nitrogens is 2. The number of H-pyrrole nitrogens is 1. The maximum atomic E-state index is 12.4. The van der Waals surface area contributed by atoms with Crippen molar-refractivity contribution in [3.8, 4) is 11.5 Å². The van der Waals surface area contributed by atoms with Crippen LogP contribution in [-0.4, -0.2) is 34.1 Å². The molecule has 0 unspecified atom stereocenters. The van der Waals surface area contributed by atoms with Crippen molar-refractivity contribution < 1.29 is 9.21 Å². The number of carbonyl (C=O) groups is 1. The average Bonchev–Trinajstić information content (AvgIpc) is 3.36. The summed E-state index contributed by atoms with van der Waals surface area (Å²) in [6.45, 7) is 3.32. The lowest BCUT2D eigenvalue weighted by Crippen LogP contribution is -2.29. The van der Waals surface area contributed by atoms with Crippen LogP contribution in [0.4, 0.5) is 5.69 Å². The quantitative estimate of drug-likeness (QED) is 0.732. The van der Waals surface area contributed by atoms with Crippen molar-refractivity contribution in [1.29, 1.82) is 0 Å². The highest BCUT2D eigenvalue weighted by Crippen LogP contribution is 2.19. The molecule has 1 aliphatic rings. The number of rotatable bonds is 5. The van der Waals surface area contributed by atoms with Crippen LogP contribution >= 0.6 is 0 Å². The van der Waals surface area contributed by atoms with Crippen molar-refractivity contribution in [1.82, 2.24) is 15.1 Å². The van der Waals surface area contributed by atoms with E-state index in [9.17, 15) is 4.79 Å². The Labute approximate surface area is 152 Å². The lowest BCUT2D eigenvalue weighted by Gasteiger charge is -2.26. The van der Waals surface area contributed by atoms with Gasteiger partial charge < -0.3 is 9.73 Å². The van der Waals surface area contributed by atoms with Crippen molar-refractivity contribution in [2.24, 2.45) is 0 Å². The number of hydrogen-bond acceptors (Lipinski definition) is 4. The monoisotopic (exact) mass is 350 g/mol. The summed E-state index contributed by atoms with van der Waals surface area (Å²) < 4.78 is 5.30. The van der Waals surface area contributed by atoms with E-state index < -0.39 is 0 Å². The van der Waals surface area contributed by atoms with E-state index in [-0.39, 0.29) is 5.91 Å². The largest absolute Gasteiger partial charge is 0.463 e. The standard InChI is InChI=1S/C20H22N4O2/c25-20(18-13-17(22-23-18)19-5-4-12-26-19)21-16-8-6-15(7-9-16)14-24-10-2-1-3-11-24/h4-9,12-13H,1-3,10-11,14H2,(H,21,25)(H,22,23). The Bertz CT molecular complexity index is 846. The second-order valence-corrected chi connectivity index (χ2v) is 6.63. The van der Waals surface area contributed by atoms with Crippen molar-refractivity contribution in [2.75, 3.05) is 18.4 Å². The van der Waals surface area contributed by atoms with E-state index in [1.807, 2.05) is 18.2 Å². The van der Waals surface area contributed by atoms with Gasteiger partial charge >= 0.3 is 0 Å². The number of nitrogens with one attached hydrogen (secondary N) is 2. The number of nitrogens with zero attached hydrogens (tertiary/aromatic N) is 2. The maximum absolute atomic E-state index is 12.4. The van der Waals surface area contributed by atoms with Gasteiger partial charge in [0.1, 0.15) is 5.69 Å². The van der Waals surface area contributed by atoms with Gasteiger partial charge in [0.05, 0.1) is 6.26 Å². The summed E-state index contributed by atoms with van der Waals surface area (Å²) in [5.74, 6) is 0.404. The summed E-state index contributed by atoms with van der Waals surface area (Å²) >= 11 is 0. The average molecular weight is 350 g/mol. The SMILES string of the molecule is O=C(Nc1ccc(CN2CCCCC2)cc1)c1cc(-c2ccco2)[nH]n1. The molecule has 0 atom stereocenters. The van der Waals surface area contributed by atoms with E-state index in [4.69, 9.17) is 4.42 Å². The van der Waals surface area contributed by atoms with Gasteiger partial charge in [-0.15, -0.1) is 0 Å². The zero-order valence-corrected chi connectivity index (χ0v) is 14.6. The van der Waals surface area contributed by atoms with E-state index in [2.05, 4.69) is 32.5 Å². The first kappa shape index (κ1) is 16.6. The van der Waals surface area contributed by atoms with Crippen molar-refractivity contribution in [3.05, 3.63) is 60.0 Å². The molecule has 2 N–H and O–H groups in total. The first-order valence-corrected chi connectivity index (χ1v) is 9.00. The molecule has 0 radical (unpaired) electrons. The van der Waals surface area contributed by atoms with Gasteiger partial charge in [0.2, 0.25) is 0 Å². The summed E-state index contributed by atoms with van der Waals surface area (Å²) in [4.78, 5) is 14.8. The molecule has 6 nitrogen and oxygen atoms in total. The number of likely N-dealkylation sites (tertiary alicyclic amines) is 1. The predicted octanol–water partition coefficient (Wildman–Crippen LogP) is 3.91. The molecular formula is C20H22N4O2. The highest BCUT2D eigenvalue weighted by molar-refractivity contribution is 6.03. The van der Waals surface area contributed by atoms with E-state index in [1.54, 1.807) is 18.4 Å². The highest BCUT2D eigenvalue weighted by Gasteiger charge is 2.14. The third kappa shape index (κ3) is 3.86. The fraction of sp³-hybridized carbons (Fsp3) is 0.300. The van der Waals surface area contributed by atoms with Gasteiger partial charge in [-0.3, -0.25) is 14.8 Å². The molecule has 3 heterocycles. The molecule has 1 aliphatic heterocycles. The number of carbonyl (C=O) groups excluding carboxylic acids is 1. The van der Waals surface area contributed by atoms with Crippen LogP contribution in [0.5, 0.6) is 0 Å². The van der Waals surface area contributed by atoms with Gasteiger partial charge in [0.25, 0.3) is 5.91 Å². The molecule has 0 saturated carbocycles. The minimum absolute atomic E-state index is 0.247. The lowest BCUT2D eigenvalue weighted by molar-refractivity contribution is 0.102. The fourth-order valence-corrected chi connectivity index (χ4v) is 3.26. The van der Waals surface area contributed by atoms with Gasteiger partial charge in [-0.1, -0.05) is 18.6 Å². The van der Waals surface area contributed by atoms with Crippen LogP contribution in [0.25, 0.3) is 11.5 Å². The molecule has 3 aromatic rings. The molecule has 0 aliphatic carbocycles. The van der Waals surface area contributed by atoms with Crippen LogP contribution < -0.4 is 5.32 Å². The molecule has 1 fully saturated rings. The normalized spacial score (nSPS) is 15.1. The van der Waals surface area contributed by atoms with Crippen LogP contribution in [0.2, 0.25) is 0 Å². The molecule has 0 bridgehead atoms. The minimum Gasteiger partial charge on any atom is -0.463 e. The first-order valence-electron chi connectivity index (χ1n) is 9.00. The van der Waals surface area contributed by atoms with Crippen molar-refractivity contribution in [3.63, 3.8) is 0 Å². The molecule has 1 amide bonds. The van der Waals surface area contributed by atoms with Gasteiger partial charge in [-0.25, -0.2) is 0 Å². The summed E-state index contributed by atoms with van der Waals surface area (Å²) in [6.07, 6.45) is 5.51. The van der Waals surface area contributed by atoms with Crippen LogP contribution in [0.15, 0.2) is 53.1 Å². The van der Waals surface area contributed by atoms with Gasteiger partial charge in [0.15, 0.2) is 11.5 Å². The second-order valence-electron chi connectivity index (χ2n) is 6.63. The Balaban J connectivity index is 1.37. The topological polar surface area (TPSA) is 74.2 Å². The molecule has 2 aromatic heterocycles. The number of aromatic amines is 1. The molecule has 1 aromatic carbocycles. The molecule has 26 heavy (non-hydrogen) atoms. The number of hydrogen-bond donors (Lipinski definition) is 2. The zero-order valence-electron chi connectivity index (χ0n) is 14.6. The van der Waals surface area contributed by atoms with E-state index in [0.29, 0.717) is 17.1 Å². The van der Waals surface area contributed by atoms with Gasteiger partial charge in [-0.2, -0.15) is 5.10 Å². The summed E-state index contributed by atoms with van der Waals surface area (Å²) in [5, 5.41) is 9.76. The van der Waals surface area contributed by atoms with E-state index in [1.165, 1.54) is 37.9 Å². The number of furan rings is 1. The Morgan fingerprint density at radius 2 is 1.96 bits per heavy atom. The summed E-state index contributed by atoms with van der Waals surface area (Å²) in [5.41, 5.74) is 3.04. The number of benzene rings is 1. The summed E-state index contributed by atoms with van der Waals surface area (Å²) in [7, 11) is 0. The first-order chi connectivity index (χ1) is 12.8. The Morgan fingerprint density at radius 1 is 1.15 bits per heavy atom. The van der Waals surface area contributed by atoms with Crippen molar-refractivity contribution in [2.45, 2.75) is 25.8 Å². The third-order valence-corrected chi connectivity index (χ3v) is 4.66. The Hall–Kier alpha value is -2.86. The molecule has 6 heteroatoms. The summed E-state index contributed by atoms with van der Waals surface area (Å²) in [6, 6.07) is 13.3. The molecular weight excluding hydrogens is 328 g/mol. The van der Waals surface area contributed by atoms with Crippen LogP contribution in [0.1, 0.15) is 35.3 Å². The molecule has 1 saturated heterocycles. The van der Waals surface area contributed by atoms with E-state index >= 15 is 0 Å². The number of amides is 1. The molecule has 0 spiro atoms. The highest BCUT2D eigenvalue weighted by atomic mass is 16.3. The van der Waals surface area contributed by atoms with Gasteiger partial charge in [-0.05, 0) is 55.8 Å². The minimum atomic E-state index is -0.247. The maximum Gasteiger partial charge on any atom is 0.276 e. The Morgan fingerprint density at radius 3 is 2.69 bits per heavy atom. The van der Waals surface area contributed by atoms with Crippen molar-refractivity contribution >= 4 is 11.6 Å². The molecule has 134 valence electrons. The lowest BCUT2D eigenvalue weighted by atomic mass is 10.1. The second kappa shape index (κ2) is 7.58. The van der Waals surface area contributed by atoms with Gasteiger partial charge in [0, 0.05) is 18.3 Å². The molecule has 4 rings (SSSR count). The predicted molar refractivity (Wildman–Crippen MR) is 99.8 cm³/mol. The zero-order chi connectivity index (χ0) is 17.8. The van der Waals surface area contributed by atoms with E-state index in [0.717, 1.165) is 12.2 Å². The number of piperidine rings is 1. The number of anilines is 1. The Kier molecular flexibility index (Phi) is 4.84. The van der Waals surface area contributed by atoms with Crippen LogP contribution in [0, 0.1) is 0 Å². The fourth-order valence-electron chi connectivity index (χ4n) is 3.26.